The van der Waals surface area contributed by atoms with Gasteiger partial charge in [0.25, 0.3) is 11.5 Å². The number of unbranched alkanes of at least 4 members (excludes halogenated alkanes) is 1. The highest BCUT2D eigenvalue weighted by Crippen LogP contribution is 2.34. The zero-order chi connectivity index (χ0) is 23.1. The van der Waals surface area contributed by atoms with Crippen molar-refractivity contribution in [2.24, 2.45) is 0 Å². The van der Waals surface area contributed by atoms with Crippen LogP contribution in [0.5, 0.6) is 11.5 Å². The number of amides is 1. The van der Waals surface area contributed by atoms with E-state index in [0.29, 0.717) is 56.8 Å². The minimum Gasteiger partial charge on any atom is -0.493 e. The van der Waals surface area contributed by atoms with Crippen LogP contribution in [0.25, 0.3) is 38.7 Å². The van der Waals surface area contributed by atoms with Crippen molar-refractivity contribution in [3.05, 3.63) is 52.3 Å². The Morgan fingerprint density at radius 2 is 1.79 bits per heavy atom. The molecular formula is C24H23N5O4. The lowest BCUT2D eigenvalue weighted by atomic mass is 10.2. The molecule has 0 bridgehead atoms. The molecule has 3 aromatic heterocycles. The van der Waals surface area contributed by atoms with Crippen molar-refractivity contribution in [2.45, 2.75) is 19.8 Å². The van der Waals surface area contributed by atoms with Crippen LogP contribution in [-0.4, -0.2) is 46.0 Å². The maximum absolute atomic E-state index is 13.3. The molecule has 5 rings (SSSR count). The molecule has 0 saturated heterocycles. The summed E-state index contributed by atoms with van der Waals surface area (Å²) in [7, 11) is 3.04. The molecule has 0 saturated carbocycles. The fourth-order valence-corrected chi connectivity index (χ4v) is 4.09. The molecule has 0 aliphatic rings. The zero-order valence-electron chi connectivity index (χ0n) is 18.6. The van der Waals surface area contributed by atoms with Gasteiger partial charge in [-0.05, 0) is 24.6 Å². The summed E-state index contributed by atoms with van der Waals surface area (Å²) < 4.78 is 12.6. The molecule has 0 unspecified atom stereocenters. The van der Waals surface area contributed by atoms with Crippen LogP contribution < -0.4 is 20.3 Å². The summed E-state index contributed by atoms with van der Waals surface area (Å²) in [6, 6.07) is 10.8. The van der Waals surface area contributed by atoms with Crippen molar-refractivity contribution in [3.8, 4) is 11.5 Å². The molecule has 1 amide bonds. The number of aromatic nitrogens is 4. The average Bonchev–Trinajstić information content (AvgIpc) is 3.14. The molecule has 5 aromatic rings. The van der Waals surface area contributed by atoms with Crippen molar-refractivity contribution < 1.29 is 14.3 Å². The van der Waals surface area contributed by atoms with Gasteiger partial charge in [0.2, 0.25) is 0 Å². The number of hydrogen-bond acceptors (Lipinski definition) is 6. The maximum Gasteiger partial charge on any atom is 0.259 e. The fourth-order valence-electron chi connectivity index (χ4n) is 4.09. The standard InChI is InChI=1S/C24H23N5O4/c1-4-5-10-25-24(31)19-20-22(27-15-9-7-6-8-14(15)26-20)29-16-12-18(33-3)17(32-2)11-13(16)23(30)28-21(19)29/h6-9,11-12H,4-5,10H2,1-3H3,(H,25,31)(H,28,30). The number of ether oxygens (including phenoxy) is 2. The predicted octanol–water partition coefficient (Wildman–Crippen LogP) is 3.42. The zero-order valence-corrected chi connectivity index (χ0v) is 18.6. The summed E-state index contributed by atoms with van der Waals surface area (Å²) in [5.41, 5.74) is 3.03. The first kappa shape index (κ1) is 20.7. The third-order valence-electron chi connectivity index (χ3n) is 5.72. The Morgan fingerprint density at radius 1 is 1.09 bits per heavy atom. The third-order valence-corrected chi connectivity index (χ3v) is 5.72. The lowest BCUT2D eigenvalue weighted by Gasteiger charge is -2.11. The van der Waals surface area contributed by atoms with E-state index in [1.54, 1.807) is 16.5 Å². The summed E-state index contributed by atoms with van der Waals surface area (Å²) in [6.07, 6.45) is 1.80. The smallest absolute Gasteiger partial charge is 0.259 e. The van der Waals surface area contributed by atoms with Crippen molar-refractivity contribution >= 4 is 44.7 Å². The molecule has 9 heteroatoms. The molecule has 0 spiro atoms. The number of benzene rings is 2. The van der Waals surface area contributed by atoms with Gasteiger partial charge in [0, 0.05) is 12.6 Å². The fraction of sp³-hybridized carbons (Fsp3) is 0.250. The quantitative estimate of drug-likeness (QED) is 0.388. The first-order valence-corrected chi connectivity index (χ1v) is 10.7. The Labute approximate surface area is 188 Å². The van der Waals surface area contributed by atoms with Crippen LogP contribution in [0.2, 0.25) is 0 Å². The molecule has 0 aliphatic carbocycles. The van der Waals surface area contributed by atoms with E-state index in [0.717, 1.165) is 12.8 Å². The van der Waals surface area contributed by atoms with Crippen molar-refractivity contribution in [1.29, 1.82) is 0 Å². The number of rotatable bonds is 6. The summed E-state index contributed by atoms with van der Waals surface area (Å²) in [6.45, 7) is 2.58. The van der Waals surface area contributed by atoms with Gasteiger partial charge in [-0.1, -0.05) is 25.5 Å². The van der Waals surface area contributed by atoms with Crippen LogP contribution >= 0.6 is 0 Å². The van der Waals surface area contributed by atoms with Gasteiger partial charge in [0.1, 0.15) is 16.7 Å². The maximum atomic E-state index is 13.3. The van der Waals surface area contributed by atoms with Gasteiger partial charge in [0.05, 0.1) is 36.2 Å². The summed E-state index contributed by atoms with van der Waals surface area (Å²) >= 11 is 0. The number of nitrogens with one attached hydrogen (secondary N) is 2. The second-order valence-corrected chi connectivity index (χ2v) is 7.73. The van der Waals surface area contributed by atoms with Crippen LogP contribution in [0.15, 0.2) is 41.2 Å². The molecule has 0 aliphatic heterocycles. The van der Waals surface area contributed by atoms with Crippen molar-refractivity contribution in [3.63, 3.8) is 0 Å². The summed E-state index contributed by atoms with van der Waals surface area (Å²) in [4.78, 5) is 38.8. The summed E-state index contributed by atoms with van der Waals surface area (Å²) in [5.74, 6) is 0.581. The molecule has 2 N–H and O–H groups in total. The average molecular weight is 445 g/mol. The van der Waals surface area contributed by atoms with E-state index in [-0.39, 0.29) is 17.0 Å². The molecule has 33 heavy (non-hydrogen) atoms. The minimum absolute atomic E-state index is 0.285. The number of H-pyrrole nitrogens is 1. The Balaban J connectivity index is 1.94. The van der Waals surface area contributed by atoms with Crippen LogP contribution in [0.4, 0.5) is 0 Å². The highest BCUT2D eigenvalue weighted by Gasteiger charge is 2.24. The van der Waals surface area contributed by atoms with E-state index in [1.165, 1.54) is 14.2 Å². The van der Waals surface area contributed by atoms with Crippen molar-refractivity contribution in [1.82, 2.24) is 24.7 Å². The second-order valence-electron chi connectivity index (χ2n) is 7.73. The molecule has 0 atom stereocenters. The van der Waals surface area contributed by atoms with E-state index in [9.17, 15) is 9.59 Å². The number of aromatic amines is 1. The van der Waals surface area contributed by atoms with Crippen LogP contribution in [0, 0.1) is 0 Å². The SMILES string of the molecule is CCCCNC(=O)c1c2nc3ccccc3nc2n2c1[nH]c(=O)c1cc(OC)c(OC)cc12. The molecule has 168 valence electrons. The van der Waals surface area contributed by atoms with Gasteiger partial charge in [-0.3, -0.25) is 14.0 Å². The molecule has 2 aromatic carbocycles. The highest BCUT2D eigenvalue weighted by atomic mass is 16.5. The predicted molar refractivity (Wildman–Crippen MR) is 126 cm³/mol. The van der Waals surface area contributed by atoms with Crippen LogP contribution in [-0.2, 0) is 0 Å². The van der Waals surface area contributed by atoms with Gasteiger partial charge in [-0.2, -0.15) is 0 Å². The number of carbonyl (C=O) groups excluding carboxylic acids is 1. The number of hydrogen-bond donors (Lipinski definition) is 2. The normalized spacial score (nSPS) is 11.5. The largest absolute Gasteiger partial charge is 0.493 e. The van der Waals surface area contributed by atoms with Crippen LogP contribution in [0.3, 0.4) is 0 Å². The Kier molecular flexibility index (Phi) is 5.08. The van der Waals surface area contributed by atoms with Crippen LogP contribution in [0.1, 0.15) is 30.1 Å². The molecule has 9 nitrogen and oxygen atoms in total. The van der Waals surface area contributed by atoms with E-state index < -0.39 is 0 Å². The number of carbonyl (C=O) groups is 1. The van der Waals surface area contributed by atoms with Gasteiger partial charge in [-0.25, -0.2) is 9.97 Å². The van der Waals surface area contributed by atoms with Gasteiger partial charge < -0.3 is 19.8 Å². The molecule has 3 heterocycles. The topological polar surface area (TPSA) is 111 Å². The molecule has 0 fully saturated rings. The Morgan fingerprint density at radius 3 is 2.48 bits per heavy atom. The van der Waals surface area contributed by atoms with Gasteiger partial charge in [-0.15, -0.1) is 0 Å². The van der Waals surface area contributed by atoms with Crippen molar-refractivity contribution in [2.75, 3.05) is 20.8 Å². The monoisotopic (exact) mass is 445 g/mol. The Hall–Kier alpha value is -4.14. The van der Waals surface area contributed by atoms with Gasteiger partial charge in [0.15, 0.2) is 17.1 Å². The first-order valence-electron chi connectivity index (χ1n) is 10.7. The van der Waals surface area contributed by atoms with Gasteiger partial charge >= 0.3 is 0 Å². The highest BCUT2D eigenvalue weighted by molar-refractivity contribution is 6.13. The van der Waals surface area contributed by atoms with E-state index in [4.69, 9.17) is 19.4 Å². The number of methoxy groups -OCH3 is 2. The number of para-hydroxylation sites is 2. The second kappa shape index (κ2) is 8.09. The number of nitrogens with zero attached hydrogens (tertiary/aromatic N) is 3. The lowest BCUT2D eigenvalue weighted by Crippen LogP contribution is -2.25. The number of fused-ring (bicyclic) bond motifs is 6. The molecule has 0 radical (unpaired) electrons. The Bertz CT molecular complexity index is 1600. The minimum atomic E-state index is -0.353. The van der Waals surface area contributed by atoms with E-state index in [1.807, 2.05) is 24.3 Å². The van der Waals surface area contributed by atoms with E-state index in [2.05, 4.69) is 17.2 Å². The third kappa shape index (κ3) is 3.24. The lowest BCUT2D eigenvalue weighted by molar-refractivity contribution is 0.0956. The first-order chi connectivity index (χ1) is 16.1. The van der Waals surface area contributed by atoms with E-state index >= 15 is 0 Å². The molecular weight excluding hydrogens is 422 g/mol. The summed E-state index contributed by atoms with van der Waals surface area (Å²) in [5, 5.41) is 3.32.